The highest BCUT2D eigenvalue weighted by atomic mass is 35.5. The van der Waals surface area contributed by atoms with E-state index in [1.807, 2.05) is 0 Å². The Balaban J connectivity index is 2.26. The van der Waals surface area contributed by atoms with Crippen LogP contribution >= 0.6 is 11.6 Å². The third-order valence-electron chi connectivity index (χ3n) is 4.51. The van der Waals surface area contributed by atoms with Gasteiger partial charge in [0.05, 0.1) is 23.2 Å². The van der Waals surface area contributed by atoms with E-state index in [0.29, 0.717) is 11.6 Å². The van der Waals surface area contributed by atoms with Gasteiger partial charge in [0.2, 0.25) is 5.91 Å². The molecule has 0 aliphatic carbocycles. The van der Waals surface area contributed by atoms with Gasteiger partial charge in [-0.05, 0) is 49.4 Å². The number of methoxy groups -OCH3 is 1. The number of halogens is 2. The van der Waals surface area contributed by atoms with Gasteiger partial charge >= 0.3 is 5.69 Å². The van der Waals surface area contributed by atoms with Crippen LogP contribution in [0.4, 0.5) is 4.39 Å². The van der Waals surface area contributed by atoms with Gasteiger partial charge in [0.1, 0.15) is 11.9 Å². The number of rotatable bonds is 6. The second kappa shape index (κ2) is 8.59. The lowest BCUT2D eigenvalue weighted by Crippen LogP contribution is -2.44. The minimum Gasteiger partial charge on any atom is -0.383 e. The number of hydrogen-bond acceptors (Lipinski definition) is 4. The van der Waals surface area contributed by atoms with Crippen molar-refractivity contribution in [1.29, 1.82) is 0 Å². The van der Waals surface area contributed by atoms with Crippen molar-refractivity contribution in [3.05, 3.63) is 74.1 Å². The Bertz CT molecular complexity index is 1170. The van der Waals surface area contributed by atoms with E-state index in [1.165, 1.54) is 42.0 Å². The molecule has 1 aromatic heterocycles. The molecule has 0 bridgehead atoms. The first kappa shape index (κ1) is 20.8. The molecular formula is C20H19ClFN3O4. The lowest BCUT2D eigenvalue weighted by atomic mass is 10.2. The monoisotopic (exact) mass is 419 g/mol. The fourth-order valence-electron chi connectivity index (χ4n) is 3.04. The van der Waals surface area contributed by atoms with E-state index >= 15 is 0 Å². The van der Waals surface area contributed by atoms with Gasteiger partial charge in [0, 0.05) is 18.7 Å². The number of nitrogens with zero attached hydrogens (tertiary/aromatic N) is 2. The molecule has 0 saturated carbocycles. The summed E-state index contributed by atoms with van der Waals surface area (Å²) >= 11 is 6.07. The molecule has 9 heteroatoms. The Morgan fingerprint density at radius 2 is 1.90 bits per heavy atom. The van der Waals surface area contributed by atoms with Crippen LogP contribution in [0, 0.1) is 5.82 Å². The highest BCUT2D eigenvalue weighted by molar-refractivity contribution is 6.31. The molecule has 1 amide bonds. The molecule has 0 aliphatic heterocycles. The smallest absolute Gasteiger partial charge is 0.336 e. The molecular weight excluding hydrogens is 401 g/mol. The molecule has 0 saturated heterocycles. The first-order chi connectivity index (χ1) is 13.8. The van der Waals surface area contributed by atoms with Gasteiger partial charge in [0.15, 0.2) is 0 Å². The van der Waals surface area contributed by atoms with Gasteiger partial charge in [-0.3, -0.25) is 14.2 Å². The van der Waals surface area contributed by atoms with E-state index in [9.17, 15) is 18.8 Å². The molecule has 7 nitrogen and oxygen atoms in total. The summed E-state index contributed by atoms with van der Waals surface area (Å²) in [5.74, 6) is -0.921. The van der Waals surface area contributed by atoms with Crippen LogP contribution in [0.1, 0.15) is 13.0 Å². The van der Waals surface area contributed by atoms with Crippen LogP contribution in [0.5, 0.6) is 0 Å². The number of carbonyl (C=O) groups is 1. The predicted octanol–water partition coefficient (Wildman–Crippen LogP) is 2.27. The SMILES string of the molecule is COCCNC(=O)[C@@H](C)n1c(=O)n(-c2ccc(F)cc2)c(=O)c2ccc(Cl)cc21. The van der Waals surface area contributed by atoms with Gasteiger partial charge in [-0.25, -0.2) is 13.8 Å². The second-order valence-corrected chi connectivity index (χ2v) is 6.83. The Kier molecular flexibility index (Phi) is 6.14. The number of hydrogen-bond donors (Lipinski definition) is 1. The van der Waals surface area contributed by atoms with Crippen molar-refractivity contribution in [2.24, 2.45) is 0 Å². The molecule has 1 N–H and O–H groups in total. The summed E-state index contributed by atoms with van der Waals surface area (Å²) in [6.45, 7) is 2.13. The molecule has 3 rings (SSSR count). The number of aromatic nitrogens is 2. The van der Waals surface area contributed by atoms with Gasteiger partial charge in [-0.15, -0.1) is 0 Å². The van der Waals surface area contributed by atoms with E-state index in [0.717, 1.165) is 16.7 Å². The summed E-state index contributed by atoms with van der Waals surface area (Å²) in [7, 11) is 1.51. The van der Waals surface area contributed by atoms with Crippen molar-refractivity contribution in [2.45, 2.75) is 13.0 Å². The second-order valence-electron chi connectivity index (χ2n) is 6.39. The average molecular weight is 420 g/mol. The van der Waals surface area contributed by atoms with Crippen LogP contribution in [0.3, 0.4) is 0 Å². The van der Waals surface area contributed by atoms with Crippen molar-refractivity contribution >= 4 is 28.4 Å². The first-order valence-corrected chi connectivity index (χ1v) is 9.22. The van der Waals surface area contributed by atoms with E-state index in [-0.39, 0.29) is 23.1 Å². The normalized spacial score (nSPS) is 12.1. The summed E-state index contributed by atoms with van der Waals surface area (Å²) in [6, 6.07) is 8.50. The third kappa shape index (κ3) is 4.08. The number of benzene rings is 2. The molecule has 0 unspecified atom stereocenters. The third-order valence-corrected chi connectivity index (χ3v) is 4.74. The van der Waals surface area contributed by atoms with E-state index in [2.05, 4.69) is 5.32 Å². The highest BCUT2D eigenvalue weighted by Gasteiger charge is 2.22. The average Bonchev–Trinajstić information content (AvgIpc) is 2.69. The molecule has 152 valence electrons. The van der Waals surface area contributed by atoms with Crippen LogP contribution in [-0.4, -0.2) is 35.3 Å². The van der Waals surface area contributed by atoms with Crippen molar-refractivity contribution in [1.82, 2.24) is 14.5 Å². The lowest BCUT2D eigenvalue weighted by Gasteiger charge is -2.19. The zero-order chi connectivity index (χ0) is 21.1. The maximum atomic E-state index is 13.3. The van der Waals surface area contributed by atoms with Gasteiger partial charge in [-0.1, -0.05) is 11.6 Å². The fraction of sp³-hybridized carbons (Fsp3) is 0.250. The zero-order valence-electron chi connectivity index (χ0n) is 15.8. The Labute approximate surface area is 170 Å². The number of ether oxygens (including phenoxy) is 1. The van der Waals surface area contributed by atoms with Gasteiger partial charge < -0.3 is 10.1 Å². The molecule has 29 heavy (non-hydrogen) atoms. The van der Waals surface area contributed by atoms with Crippen LogP contribution in [-0.2, 0) is 9.53 Å². The van der Waals surface area contributed by atoms with Crippen LogP contribution in [0.15, 0.2) is 52.1 Å². The minimum atomic E-state index is -0.937. The summed E-state index contributed by atoms with van der Waals surface area (Å²) in [6.07, 6.45) is 0. The molecule has 3 aromatic rings. The maximum absolute atomic E-state index is 13.3. The zero-order valence-corrected chi connectivity index (χ0v) is 16.6. The Morgan fingerprint density at radius 1 is 1.21 bits per heavy atom. The molecule has 1 atom stereocenters. The molecule has 0 radical (unpaired) electrons. The van der Waals surface area contributed by atoms with E-state index in [1.54, 1.807) is 6.92 Å². The van der Waals surface area contributed by atoms with Crippen molar-refractivity contribution in [3.8, 4) is 5.69 Å². The van der Waals surface area contributed by atoms with Crippen LogP contribution in [0.2, 0.25) is 5.02 Å². The molecule has 0 spiro atoms. The number of carbonyl (C=O) groups excluding carboxylic acids is 1. The number of fused-ring (bicyclic) bond motifs is 1. The standard InChI is InChI=1S/C20H19ClFN3O4/c1-12(18(26)23-9-10-29-2)24-17-11-13(21)3-8-16(17)19(27)25(20(24)28)15-6-4-14(22)5-7-15/h3-8,11-12H,9-10H2,1-2H3,(H,23,26)/t12-/m1/s1. The van der Waals surface area contributed by atoms with Crippen molar-refractivity contribution in [3.63, 3.8) is 0 Å². The van der Waals surface area contributed by atoms with Gasteiger partial charge in [0.25, 0.3) is 5.56 Å². The lowest BCUT2D eigenvalue weighted by molar-refractivity contribution is -0.124. The fourth-order valence-corrected chi connectivity index (χ4v) is 3.20. The number of amides is 1. The minimum absolute atomic E-state index is 0.194. The maximum Gasteiger partial charge on any atom is 0.336 e. The Morgan fingerprint density at radius 3 is 2.55 bits per heavy atom. The quantitative estimate of drug-likeness (QED) is 0.621. The molecule has 0 aliphatic rings. The first-order valence-electron chi connectivity index (χ1n) is 8.84. The summed E-state index contributed by atoms with van der Waals surface area (Å²) in [4.78, 5) is 38.8. The predicted molar refractivity (Wildman–Crippen MR) is 108 cm³/mol. The van der Waals surface area contributed by atoms with E-state index in [4.69, 9.17) is 16.3 Å². The number of nitrogens with one attached hydrogen (secondary N) is 1. The van der Waals surface area contributed by atoms with Crippen LogP contribution in [0.25, 0.3) is 16.6 Å². The molecule has 1 heterocycles. The van der Waals surface area contributed by atoms with Crippen molar-refractivity contribution < 1.29 is 13.9 Å². The highest BCUT2D eigenvalue weighted by Crippen LogP contribution is 2.19. The van der Waals surface area contributed by atoms with Crippen LogP contribution < -0.4 is 16.6 Å². The summed E-state index contributed by atoms with van der Waals surface area (Å²) in [5.41, 5.74) is -0.887. The van der Waals surface area contributed by atoms with Gasteiger partial charge in [-0.2, -0.15) is 0 Å². The molecule has 0 fully saturated rings. The summed E-state index contributed by atoms with van der Waals surface area (Å²) in [5, 5.41) is 3.20. The largest absolute Gasteiger partial charge is 0.383 e. The van der Waals surface area contributed by atoms with E-state index < -0.39 is 29.0 Å². The molecule has 2 aromatic carbocycles. The van der Waals surface area contributed by atoms with Crippen molar-refractivity contribution in [2.75, 3.05) is 20.3 Å². The topological polar surface area (TPSA) is 82.3 Å². The summed E-state index contributed by atoms with van der Waals surface area (Å²) < 4.78 is 20.3. The Hall–Kier alpha value is -2.97.